The van der Waals surface area contributed by atoms with Crippen LogP contribution in [-0.2, 0) is 26.3 Å². The van der Waals surface area contributed by atoms with Gasteiger partial charge in [0.25, 0.3) is 0 Å². The minimum absolute atomic E-state index is 0.317. The summed E-state index contributed by atoms with van der Waals surface area (Å²) in [6, 6.07) is 14.3. The van der Waals surface area contributed by atoms with E-state index >= 15 is 0 Å². The first kappa shape index (κ1) is 21.0. The number of nitrogens with zero attached hydrogens (tertiary/aromatic N) is 3. The number of hydrogen-bond donors (Lipinski definition) is 0. The maximum Gasteiger partial charge on any atom is 0.335 e. The smallest absolute Gasteiger partial charge is 0.335 e. The molecule has 1 aromatic carbocycles. The average Bonchev–Trinajstić information content (AvgIpc) is 2.71. The van der Waals surface area contributed by atoms with Crippen LogP contribution in [0, 0.1) is 0 Å². The number of aromatic nitrogens is 1. The molecule has 3 rings (SSSR count). The summed E-state index contributed by atoms with van der Waals surface area (Å²) >= 11 is 0. The van der Waals surface area contributed by atoms with E-state index in [1.54, 1.807) is 0 Å². The third-order valence-electron chi connectivity index (χ3n) is 4.80. The molecule has 0 spiro atoms. The van der Waals surface area contributed by atoms with E-state index in [1.165, 1.54) is 5.56 Å². The highest BCUT2D eigenvalue weighted by atomic mass is 31.2. The minimum atomic E-state index is -3.05. The lowest BCUT2D eigenvalue weighted by molar-refractivity contribution is 0.219. The maximum absolute atomic E-state index is 12.7. The molecule has 2 heterocycles. The number of hydrogen-bond acceptors (Lipinski definition) is 6. The van der Waals surface area contributed by atoms with Crippen LogP contribution in [0.1, 0.15) is 25.0 Å². The summed E-state index contributed by atoms with van der Waals surface area (Å²) < 4.78 is 23.4. The van der Waals surface area contributed by atoms with Crippen LogP contribution in [-0.4, -0.2) is 49.3 Å². The first-order chi connectivity index (χ1) is 13.6. The van der Waals surface area contributed by atoms with Gasteiger partial charge in [0.15, 0.2) is 0 Å². The number of piperazine rings is 1. The fourth-order valence-corrected chi connectivity index (χ4v) is 5.13. The molecule has 6 nitrogen and oxygen atoms in total. The van der Waals surface area contributed by atoms with Gasteiger partial charge in [-0.25, -0.2) is 4.98 Å². The first-order valence-corrected chi connectivity index (χ1v) is 11.7. The van der Waals surface area contributed by atoms with Gasteiger partial charge in [0, 0.05) is 38.9 Å². The van der Waals surface area contributed by atoms with Crippen molar-refractivity contribution in [2.24, 2.45) is 0 Å². The molecule has 2 aromatic rings. The van der Waals surface area contributed by atoms with Gasteiger partial charge in [0.1, 0.15) is 5.82 Å². The quantitative estimate of drug-likeness (QED) is 0.586. The van der Waals surface area contributed by atoms with Crippen LogP contribution >= 0.6 is 7.60 Å². The summed E-state index contributed by atoms with van der Waals surface area (Å²) in [6.07, 6.45) is 2.16. The Morgan fingerprint density at radius 1 is 0.929 bits per heavy atom. The van der Waals surface area contributed by atoms with Crippen LogP contribution < -0.4 is 4.90 Å². The SMILES string of the molecule is CCOP(=O)(Cc1ccc(CN2CCN(c3ccccn3)CC2)cc1)OCC. The zero-order valence-electron chi connectivity index (χ0n) is 16.8. The molecule has 1 aromatic heterocycles. The van der Waals surface area contributed by atoms with E-state index in [0.717, 1.165) is 44.1 Å². The molecule has 0 N–H and O–H groups in total. The summed E-state index contributed by atoms with van der Waals surface area (Å²) in [5.74, 6) is 1.06. The Morgan fingerprint density at radius 2 is 1.57 bits per heavy atom. The van der Waals surface area contributed by atoms with Gasteiger partial charge in [-0.3, -0.25) is 9.46 Å². The molecule has 1 fully saturated rings. The van der Waals surface area contributed by atoms with Crippen LogP contribution in [0.15, 0.2) is 48.7 Å². The second kappa shape index (κ2) is 10.2. The van der Waals surface area contributed by atoms with Gasteiger partial charge < -0.3 is 13.9 Å². The fourth-order valence-electron chi connectivity index (χ4n) is 3.43. The largest absolute Gasteiger partial charge is 0.354 e. The summed E-state index contributed by atoms with van der Waals surface area (Å²) in [5, 5.41) is 0. The zero-order valence-corrected chi connectivity index (χ0v) is 17.7. The molecule has 1 saturated heterocycles. The lowest BCUT2D eigenvalue weighted by Crippen LogP contribution is -2.46. The average molecular weight is 403 g/mol. The lowest BCUT2D eigenvalue weighted by Gasteiger charge is -2.35. The van der Waals surface area contributed by atoms with Gasteiger partial charge in [0.2, 0.25) is 0 Å². The molecule has 0 aliphatic carbocycles. The molecule has 152 valence electrons. The van der Waals surface area contributed by atoms with Gasteiger partial charge in [-0.15, -0.1) is 0 Å². The van der Waals surface area contributed by atoms with E-state index in [0.29, 0.717) is 19.4 Å². The molecule has 0 amide bonds. The molecular weight excluding hydrogens is 373 g/mol. The second-order valence-electron chi connectivity index (χ2n) is 6.87. The van der Waals surface area contributed by atoms with E-state index in [4.69, 9.17) is 9.05 Å². The van der Waals surface area contributed by atoms with Crippen molar-refractivity contribution in [3.05, 3.63) is 59.8 Å². The Labute approximate surface area is 168 Å². The van der Waals surface area contributed by atoms with Gasteiger partial charge in [-0.05, 0) is 37.1 Å². The van der Waals surface area contributed by atoms with Crippen molar-refractivity contribution in [2.75, 3.05) is 44.3 Å². The Morgan fingerprint density at radius 3 is 2.14 bits per heavy atom. The minimum Gasteiger partial charge on any atom is -0.354 e. The maximum atomic E-state index is 12.7. The molecule has 7 heteroatoms. The molecular formula is C21H30N3O3P. The number of rotatable bonds is 9. The Hall–Kier alpha value is -1.72. The van der Waals surface area contributed by atoms with Crippen molar-refractivity contribution >= 4 is 13.4 Å². The number of anilines is 1. The topological polar surface area (TPSA) is 54.9 Å². The molecule has 0 unspecified atom stereocenters. The molecule has 28 heavy (non-hydrogen) atoms. The normalized spacial score (nSPS) is 15.7. The highest BCUT2D eigenvalue weighted by Crippen LogP contribution is 2.51. The van der Waals surface area contributed by atoms with E-state index in [9.17, 15) is 4.57 Å². The summed E-state index contributed by atoms with van der Waals surface area (Å²) in [7, 11) is -3.05. The van der Waals surface area contributed by atoms with Gasteiger partial charge >= 0.3 is 7.60 Å². The standard InChI is InChI=1S/C21H30N3O3P/c1-3-26-28(25,27-4-2)18-20-10-8-19(9-11-20)17-23-13-15-24(16-14-23)21-7-5-6-12-22-21/h5-12H,3-4,13-18H2,1-2H3. The predicted molar refractivity (Wildman–Crippen MR) is 113 cm³/mol. The Bertz CT molecular complexity index is 752. The van der Waals surface area contributed by atoms with Crippen LogP contribution in [0.2, 0.25) is 0 Å². The third-order valence-corrected chi connectivity index (χ3v) is 6.86. The van der Waals surface area contributed by atoms with Crippen molar-refractivity contribution in [2.45, 2.75) is 26.6 Å². The molecule has 0 radical (unpaired) electrons. The number of benzene rings is 1. The first-order valence-electron chi connectivity index (χ1n) is 9.96. The third kappa shape index (κ3) is 5.89. The van der Waals surface area contributed by atoms with Crippen molar-refractivity contribution in [3.8, 4) is 0 Å². The zero-order chi connectivity index (χ0) is 19.8. The summed E-state index contributed by atoms with van der Waals surface area (Å²) in [5.41, 5.74) is 2.24. The van der Waals surface area contributed by atoms with Crippen molar-refractivity contribution in [3.63, 3.8) is 0 Å². The van der Waals surface area contributed by atoms with E-state index in [1.807, 2.05) is 44.3 Å². The van der Waals surface area contributed by atoms with Crippen molar-refractivity contribution in [1.29, 1.82) is 0 Å². The highest BCUT2D eigenvalue weighted by Gasteiger charge is 2.24. The van der Waals surface area contributed by atoms with Crippen molar-refractivity contribution < 1.29 is 13.6 Å². The van der Waals surface area contributed by atoms with Gasteiger partial charge in [0.05, 0.1) is 19.4 Å². The Kier molecular flexibility index (Phi) is 7.63. The van der Waals surface area contributed by atoms with E-state index < -0.39 is 7.60 Å². The lowest BCUT2D eigenvalue weighted by atomic mass is 10.1. The van der Waals surface area contributed by atoms with Crippen LogP contribution in [0.25, 0.3) is 0 Å². The van der Waals surface area contributed by atoms with Crippen LogP contribution in [0.4, 0.5) is 5.82 Å². The Balaban J connectivity index is 1.51. The second-order valence-corrected chi connectivity index (χ2v) is 8.93. The predicted octanol–water partition coefficient (Wildman–Crippen LogP) is 4.17. The molecule has 1 aliphatic rings. The molecule has 0 atom stereocenters. The van der Waals surface area contributed by atoms with E-state index in [-0.39, 0.29) is 0 Å². The molecule has 1 aliphatic heterocycles. The molecule has 0 bridgehead atoms. The van der Waals surface area contributed by atoms with Gasteiger partial charge in [-0.1, -0.05) is 30.3 Å². The van der Waals surface area contributed by atoms with Gasteiger partial charge in [-0.2, -0.15) is 0 Å². The van der Waals surface area contributed by atoms with E-state index in [2.05, 4.69) is 33.0 Å². The summed E-state index contributed by atoms with van der Waals surface area (Å²) in [6.45, 7) is 9.38. The highest BCUT2D eigenvalue weighted by molar-refractivity contribution is 7.53. The molecule has 0 saturated carbocycles. The fraction of sp³-hybridized carbons (Fsp3) is 0.476. The summed E-state index contributed by atoms with van der Waals surface area (Å²) in [4.78, 5) is 9.23. The van der Waals surface area contributed by atoms with Crippen LogP contribution in [0.5, 0.6) is 0 Å². The van der Waals surface area contributed by atoms with Crippen LogP contribution in [0.3, 0.4) is 0 Å². The number of pyridine rings is 1. The monoisotopic (exact) mass is 403 g/mol. The van der Waals surface area contributed by atoms with Crippen molar-refractivity contribution in [1.82, 2.24) is 9.88 Å².